The van der Waals surface area contributed by atoms with E-state index in [1.807, 2.05) is 0 Å². The van der Waals surface area contributed by atoms with Gasteiger partial charge in [0.15, 0.2) is 0 Å². The first-order chi connectivity index (χ1) is 6.63. The fraction of sp³-hybridized carbons (Fsp3) is 0.818. The van der Waals surface area contributed by atoms with E-state index in [2.05, 4.69) is 36.3 Å². The van der Waals surface area contributed by atoms with Gasteiger partial charge in [0.25, 0.3) is 0 Å². The van der Waals surface area contributed by atoms with Crippen LogP contribution >= 0.6 is 0 Å². The van der Waals surface area contributed by atoms with Crippen molar-refractivity contribution in [2.45, 2.75) is 25.0 Å². The van der Waals surface area contributed by atoms with Crippen LogP contribution in [0.25, 0.3) is 0 Å². The van der Waals surface area contributed by atoms with Crippen molar-refractivity contribution in [3.63, 3.8) is 0 Å². The van der Waals surface area contributed by atoms with Gasteiger partial charge < -0.3 is 15.3 Å². The standard InChI is InChI=1S/C11H20N2O/c1-9-8-13(2)7-5-11(9,14)10-4-3-6-12-10/h3-4,9-10,12,14H,5-8H2,1-2H3. The normalized spacial score (nSPS) is 44.5. The SMILES string of the molecule is CC1CN(C)CCC1(O)C1C=CCN1. The van der Waals surface area contributed by atoms with Crippen LogP contribution in [0.5, 0.6) is 0 Å². The summed E-state index contributed by atoms with van der Waals surface area (Å²) in [5, 5.41) is 13.9. The van der Waals surface area contributed by atoms with E-state index in [0.717, 1.165) is 26.1 Å². The van der Waals surface area contributed by atoms with Gasteiger partial charge in [-0.15, -0.1) is 0 Å². The summed E-state index contributed by atoms with van der Waals surface area (Å²) in [6.07, 6.45) is 5.09. The van der Waals surface area contributed by atoms with Crippen LogP contribution in [0, 0.1) is 5.92 Å². The van der Waals surface area contributed by atoms with Crippen LogP contribution in [0.1, 0.15) is 13.3 Å². The van der Waals surface area contributed by atoms with Crippen LogP contribution in [0.3, 0.4) is 0 Å². The highest BCUT2D eigenvalue weighted by Crippen LogP contribution is 2.31. The molecule has 0 radical (unpaired) electrons. The monoisotopic (exact) mass is 196 g/mol. The van der Waals surface area contributed by atoms with Crippen LogP contribution in [0.15, 0.2) is 12.2 Å². The van der Waals surface area contributed by atoms with Crippen molar-refractivity contribution in [3.05, 3.63) is 12.2 Å². The van der Waals surface area contributed by atoms with E-state index in [1.165, 1.54) is 0 Å². The Bertz CT molecular complexity index is 241. The summed E-state index contributed by atoms with van der Waals surface area (Å²) in [6.45, 7) is 5.02. The average molecular weight is 196 g/mol. The lowest BCUT2D eigenvalue weighted by Crippen LogP contribution is -2.59. The first-order valence-corrected chi connectivity index (χ1v) is 5.44. The molecule has 2 aliphatic heterocycles. The number of likely N-dealkylation sites (tertiary alicyclic amines) is 1. The Morgan fingerprint density at radius 1 is 1.57 bits per heavy atom. The zero-order chi connectivity index (χ0) is 10.2. The van der Waals surface area contributed by atoms with E-state index in [9.17, 15) is 5.11 Å². The molecule has 0 aliphatic carbocycles. The number of aliphatic hydroxyl groups is 1. The Balaban J connectivity index is 2.10. The molecular formula is C11H20N2O. The second-order valence-electron chi connectivity index (χ2n) is 4.72. The third-order valence-corrected chi connectivity index (χ3v) is 3.66. The number of nitrogens with zero attached hydrogens (tertiary/aromatic N) is 1. The van der Waals surface area contributed by atoms with Gasteiger partial charge in [-0.25, -0.2) is 0 Å². The topological polar surface area (TPSA) is 35.5 Å². The molecule has 1 saturated heterocycles. The highest BCUT2D eigenvalue weighted by Gasteiger charge is 2.43. The molecule has 2 rings (SSSR count). The predicted molar refractivity (Wildman–Crippen MR) is 57.2 cm³/mol. The number of piperidine rings is 1. The minimum absolute atomic E-state index is 0.159. The molecule has 3 heteroatoms. The molecule has 0 saturated carbocycles. The van der Waals surface area contributed by atoms with Crippen molar-refractivity contribution in [3.8, 4) is 0 Å². The molecule has 0 spiro atoms. The Labute approximate surface area is 85.8 Å². The smallest absolute Gasteiger partial charge is 0.0885 e. The molecule has 80 valence electrons. The predicted octanol–water partition coefficient (Wildman–Crippen LogP) is 0.217. The summed E-state index contributed by atoms with van der Waals surface area (Å²) in [7, 11) is 2.12. The highest BCUT2D eigenvalue weighted by molar-refractivity contribution is 5.13. The van der Waals surface area contributed by atoms with Gasteiger partial charge in [-0.1, -0.05) is 19.1 Å². The van der Waals surface area contributed by atoms with Gasteiger partial charge in [0, 0.05) is 19.6 Å². The lowest BCUT2D eigenvalue weighted by molar-refractivity contribution is -0.0738. The summed E-state index contributed by atoms with van der Waals surface area (Å²) in [5.41, 5.74) is -0.542. The Morgan fingerprint density at radius 2 is 2.36 bits per heavy atom. The van der Waals surface area contributed by atoms with Gasteiger partial charge >= 0.3 is 0 Å². The molecule has 2 heterocycles. The molecule has 0 aromatic carbocycles. The second kappa shape index (κ2) is 3.65. The largest absolute Gasteiger partial charge is 0.388 e. The third kappa shape index (κ3) is 1.60. The summed E-state index contributed by atoms with van der Waals surface area (Å²) in [4.78, 5) is 2.29. The zero-order valence-corrected chi connectivity index (χ0v) is 9.03. The molecule has 3 atom stereocenters. The van der Waals surface area contributed by atoms with E-state index in [-0.39, 0.29) is 6.04 Å². The highest BCUT2D eigenvalue weighted by atomic mass is 16.3. The molecule has 0 aromatic rings. The number of hydrogen-bond acceptors (Lipinski definition) is 3. The van der Waals surface area contributed by atoms with E-state index in [4.69, 9.17) is 0 Å². The first kappa shape index (κ1) is 10.1. The van der Waals surface area contributed by atoms with Crippen LogP contribution in [-0.4, -0.2) is 48.3 Å². The van der Waals surface area contributed by atoms with Gasteiger partial charge in [-0.05, 0) is 19.4 Å². The van der Waals surface area contributed by atoms with E-state index >= 15 is 0 Å². The maximum absolute atomic E-state index is 10.6. The molecule has 3 unspecified atom stereocenters. The molecule has 2 N–H and O–H groups in total. The molecule has 0 bridgehead atoms. The Hall–Kier alpha value is -0.380. The Morgan fingerprint density at radius 3 is 2.93 bits per heavy atom. The molecule has 1 fully saturated rings. The van der Waals surface area contributed by atoms with Crippen LogP contribution in [0.2, 0.25) is 0 Å². The Kier molecular flexibility index (Phi) is 2.64. The molecule has 2 aliphatic rings. The minimum atomic E-state index is -0.542. The van der Waals surface area contributed by atoms with Gasteiger partial charge in [0.2, 0.25) is 0 Å². The van der Waals surface area contributed by atoms with Crippen molar-refractivity contribution in [1.29, 1.82) is 0 Å². The zero-order valence-electron chi connectivity index (χ0n) is 9.03. The first-order valence-electron chi connectivity index (χ1n) is 5.44. The van der Waals surface area contributed by atoms with Crippen molar-refractivity contribution < 1.29 is 5.11 Å². The average Bonchev–Trinajstić information content (AvgIpc) is 2.65. The summed E-state index contributed by atoms with van der Waals surface area (Å²) in [6, 6.07) is 0.159. The van der Waals surface area contributed by atoms with Gasteiger partial charge in [-0.3, -0.25) is 0 Å². The number of hydrogen-bond donors (Lipinski definition) is 2. The molecule has 3 nitrogen and oxygen atoms in total. The van der Waals surface area contributed by atoms with Gasteiger partial charge in [0.05, 0.1) is 11.6 Å². The lowest BCUT2D eigenvalue weighted by Gasteiger charge is -2.45. The van der Waals surface area contributed by atoms with Gasteiger partial charge in [0.1, 0.15) is 0 Å². The minimum Gasteiger partial charge on any atom is -0.388 e. The van der Waals surface area contributed by atoms with Crippen LogP contribution < -0.4 is 5.32 Å². The summed E-state index contributed by atoms with van der Waals surface area (Å²) < 4.78 is 0. The maximum atomic E-state index is 10.6. The quantitative estimate of drug-likeness (QED) is 0.589. The van der Waals surface area contributed by atoms with E-state index in [1.54, 1.807) is 0 Å². The van der Waals surface area contributed by atoms with Crippen molar-refractivity contribution >= 4 is 0 Å². The summed E-state index contributed by atoms with van der Waals surface area (Å²) in [5.74, 6) is 0.335. The molecular weight excluding hydrogens is 176 g/mol. The second-order valence-corrected chi connectivity index (χ2v) is 4.72. The van der Waals surface area contributed by atoms with Crippen LogP contribution in [-0.2, 0) is 0 Å². The van der Waals surface area contributed by atoms with E-state index < -0.39 is 5.60 Å². The molecule has 14 heavy (non-hydrogen) atoms. The molecule has 0 aromatic heterocycles. The fourth-order valence-corrected chi connectivity index (χ4v) is 2.61. The van der Waals surface area contributed by atoms with E-state index in [0.29, 0.717) is 5.92 Å². The van der Waals surface area contributed by atoms with Crippen LogP contribution in [0.4, 0.5) is 0 Å². The summed E-state index contributed by atoms with van der Waals surface area (Å²) >= 11 is 0. The van der Waals surface area contributed by atoms with Crippen molar-refractivity contribution in [2.24, 2.45) is 5.92 Å². The maximum Gasteiger partial charge on any atom is 0.0885 e. The number of rotatable bonds is 1. The third-order valence-electron chi connectivity index (χ3n) is 3.66. The van der Waals surface area contributed by atoms with Crippen molar-refractivity contribution in [1.82, 2.24) is 10.2 Å². The lowest BCUT2D eigenvalue weighted by atomic mass is 9.77. The van der Waals surface area contributed by atoms with Crippen molar-refractivity contribution in [2.75, 3.05) is 26.7 Å². The fourth-order valence-electron chi connectivity index (χ4n) is 2.61. The molecule has 0 amide bonds. The number of nitrogens with one attached hydrogen (secondary N) is 1. The van der Waals surface area contributed by atoms with Gasteiger partial charge in [-0.2, -0.15) is 0 Å².